The Morgan fingerprint density at radius 3 is 2.54 bits per heavy atom. The highest BCUT2D eigenvalue weighted by Crippen LogP contribution is 2.29. The quantitative estimate of drug-likeness (QED) is 0.527. The van der Waals surface area contributed by atoms with Gasteiger partial charge in [-0.1, -0.05) is 39.8 Å². The van der Waals surface area contributed by atoms with Crippen LogP contribution in [-0.4, -0.2) is 16.6 Å². The van der Waals surface area contributed by atoms with Gasteiger partial charge in [-0.15, -0.1) is 0 Å². The minimum atomic E-state index is 0.665. The average Bonchev–Trinajstić information content (AvgIpc) is 3.03. The number of nitrogens with one attached hydrogen (secondary N) is 1. The summed E-state index contributed by atoms with van der Waals surface area (Å²) in [5.74, 6) is 2.76. The summed E-state index contributed by atoms with van der Waals surface area (Å²) in [6.07, 6.45) is 4.15. The van der Waals surface area contributed by atoms with Crippen LogP contribution >= 0.6 is 0 Å². The molecule has 3 heteroatoms. The van der Waals surface area contributed by atoms with Crippen LogP contribution in [0.25, 0.3) is 22.2 Å². The van der Waals surface area contributed by atoms with Crippen molar-refractivity contribution in [2.75, 3.05) is 6.61 Å². The first-order valence-electron chi connectivity index (χ1n) is 9.85. The van der Waals surface area contributed by atoms with Crippen molar-refractivity contribution in [3.8, 4) is 16.9 Å². The first-order chi connectivity index (χ1) is 12.6. The molecule has 3 aromatic rings. The van der Waals surface area contributed by atoms with Crippen molar-refractivity contribution in [1.29, 1.82) is 0 Å². The van der Waals surface area contributed by atoms with Crippen molar-refractivity contribution >= 4 is 11.0 Å². The van der Waals surface area contributed by atoms with Gasteiger partial charge in [0, 0.05) is 6.42 Å². The van der Waals surface area contributed by atoms with Crippen molar-refractivity contribution in [3.05, 3.63) is 47.8 Å². The maximum atomic E-state index is 6.01. The summed E-state index contributed by atoms with van der Waals surface area (Å²) >= 11 is 0. The minimum absolute atomic E-state index is 0.665. The van der Waals surface area contributed by atoms with Gasteiger partial charge in [0.2, 0.25) is 0 Å². The second-order valence-corrected chi connectivity index (χ2v) is 7.37. The van der Waals surface area contributed by atoms with Crippen molar-refractivity contribution < 1.29 is 4.74 Å². The molecule has 0 aliphatic heterocycles. The van der Waals surface area contributed by atoms with Gasteiger partial charge >= 0.3 is 0 Å². The third-order valence-corrected chi connectivity index (χ3v) is 4.75. The molecular formula is C23H30N2O. The number of hydrogen-bond donors (Lipinski definition) is 1. The van der Waals surface area contributed by atoms with E-state index in [4.69, 9.17) is 4.74 Å². The summed E-state index contributed by atoms with van der Waals surface area (Å²) in [4.78, 5) is 8.11. The van der Waals surface area contributed by atoms with Gasteiger partial charge in [0.25, 0.3) is 0 Å². The summed E-state index contributed by atoms with van der Waals surface area (Å²) in [5.41, 5.74) is 5.87. The molecule has 0 saturated heterocycles. The number of ether oxygens (including phenoxy) is 1. The van der Waals surface area contributed by atoms with Crippen LogP contribution in [0.1, 0.15) is 51.9 Å². The smallest absolute Gasteiger partial charge is 0.122 e. The topological polar surface area (TPSA) is 37.9 Å². The number of aryl methyl sites for hydroxylation is 2. The molecule has 0 bridgehead atoms. The van der Waals surface area contributed by atoms with Crippen LogP contribution in [-0.2, 0) is 12.8 Å². The molecular weight excluding hydrogens is 320 g/mol. The Morgan fingerprint density at radius 2 is 1.81 bits per heavy atom. The molecule has 1 heterocycles. The van der Waals surface area contributed by atoms with E-state index in [2.05, 4.69) is 74.1 Å². The van der Waals surface area contributed by atoms with E-state index in [0.717, 1.165) is 54.9 Å². The lowest BCUT2D eigenvalue weighted by Gasteiger charge is -2.13. The number of rotatable bonds is 8. The van der Waals surface area contributed by atoms with Gasteiger partial charge in [-0.25, -0.2) is 4.98 Å². The lowest BCUT2D eigenvalue weighted by Crippen LogP contribution is -2.03. The molecule has 26 heavy (non-hydrogen) atoms. The SMILES string of the molecule is CCCc1nc2ccc(-c3ccc(OCCC(C)C)c(CC)c3)cc2[nH]1. The van der Waals surface area contributed by atoms with Crippen LogP contribution in [0.15, 0.2) is 36.4 Å². The first kappa shape index (κ1) is 18.5. The molecule has 0 aliphatic carbocycles. The third-order valence-electron chi connectivity index (χ3n) is 4.75. The zero-order valence-electron chi connectivity index (χ0n) is 16.4. The number of hydrogen-bond acceptors (Lipinski definition) is 2. The van der Waals surface area contributed by atoms with Gasteiger partial charge in [-0.05, 0) is 66.1 Å². The third kappa shape index (κ3) is 4.27. The molecule has 0 amide bonds. The van der Waals surface area contributed by atoms with E-state index < -0.39 is 0 Å². The Labute approximate surface area is 156 Å². The molecule has 0 aliphatic rings. The van der Waals surface area contributed by atoms with Gasteiger partial charge in [0.15, 0.2) is 0 Å². The van der Waals surface area contributed by atoms with E-state index in [0.29, 0.717) is 5.92 Å². The predicted molar refractivity (Wildman–Crippen MR) is 110 cm³/mol. The summed E-state index contributed by atoms with van der Waals surface area (Å²) < 4.78 is 6.01. The fourth-order valence-corrected chi connectivity index (χ4v) is 3.18. The number of nitrogens with zero attached hydrogens (tertiary/aromatic N) is 1. The second-order valence-electron chi connectivity index (χ2n) is 7.37. The number of aromatic amines is 1. The predicted octanol–water partition coefficient (Wildman–Crippen LogP) is 6.17. The van der Waals surface area contributed by atoms with Crippen molar-refractivity contribution in [3.63, 3.8) is 0 Å². The van der Waals surface area contributed by atoms with Crippen LogP contribution in [0, 0.1) is 5.92 Å². The van der Waals surface area contributed by atoms with Crippen LogP contribution in [0.4, 0.5) is 0 Å². The van der Waals surface area contributed by atoms with E-state index in [-0.39, 0.29) is 0 Å². The highest BCUT2D eigenvalue weighted by atomic mass is 16.5. The minimum Gasteiger partial charge on any atom is -0.493 e. The van der Waals surface area contributed by atoms with Crippen LogP contribution in [0.5, 0.6) is 5.75 Å². The second kappa shape index (κ2) is 8.39. The maximum Gasteiger partial charge on any atom is 0.122 e. The monoisotopic (exact) mass is 350 g/mol. The van der Waals surface area contributed by atoms with E-state index in [1.54, 1.807) is 0 Å². The van der Waals surface area contributed by atoms with Gasteiger partial charge < -0.3 is 9.72 Å². The zero-order valence-corrected chi connectivity index (χ0v) is 16.4. The molecule has 138 valence electrons. The Morgan fingerprint density at radius 1 is 1.04 bits per heavy atom. The fourth-order valence-electron chi connectivity index (χ4n) is 3.18. The van der Waals surface area contributed by atoms with Crippen LogP contribution in [0.3, 0.4) is 0 Å². The van der Waals surface area contributed by atoms with Crippen molar-refractivity contribution in [2.24, 2.45) is 5.92 Å². The summed E-state index contributed by atoms with van der Waals surface area (Å²) in [6.45, 7) is 9.60. The standard InChI is InChI=1S/C23H30N2O/c1-5-7-23-24-20-10-8-19(15-21(20)25-23)18-9-11-22(17(6-2)14-18)26-13-12-16(3)4/h8-11,14-16H,5-7,12-13H2,1-4H3,(H,24,25). The average molecular weight is 351 g/mol. The molecule has 1 aromatic heterocycles. The number of H-pyrrole nitrogens is 1. The summed E-state index contributed by atoms with van der Waals surface area (Å²) in [5, 5.41) is 0. The molecule has 0 fully saturated rings. The lowest BCUT2D eigenvalue weighted by molar-refractivity contribution is 0.287. The lowest BCUT2D eigenvalue weighted by atomic mass is 10.0. The van der Waals surface area contributed by atoms with E-state index in [9.17, 15) is 0 Å². The molecule has 0 saturated carbocycles. The maximum absolute atomic E-state index is 6.01. The highest BCUT2D eigenvalue weighted by molar-refractivity contribution is 5.82. The number of fused-ring (bicyclic) bond motifs is 1. The summed E-state index contributed by atoms with van der Waals surface area (Å²) in [6, 6.07) is 13.0. The van der Waals surface area contributed by atoms with Crippen LogP contribution < -0.4 is 4.74 Å². The normalized spacial score (nSPS) is 11.4. The molecule has 0 spiro atoms. The molecule has 2 aromatic carbocycles. The molecule has 0 unspecified atom stereocenters. The largest absolute Gasteiger partial charge is 0.493 e. The molecule has 0 radical (unpaired) electrons. The van der Waals surface area contributed by atoms with E-state index in [1.807, 2.05) is 0 Å². The molecule has 3 nitrogen and oxygen atoms in total. The van der Waals surface area contributed by atoms with Gasteiger partial charge in [0.05, 0.1) is 17.6 Å². The fraction of sp³-hybridized carbons (Fsp3) is 0.435. The highest BCUT2D eigenvalue weighted by Gasteiger charge is 2.08. The zero-order chi connectivity index (χ0) is 18.5. The van der Waals surface area contributed by atoms with Crippen molar-refractivity contribution in [1.82, 2.24) is 9.97 Å². The summed E-state index contributed by atoms with van der Waals surface area (Å²) in [7, 11) is 0. The molecule has 0 atom stereocenters. The Kier molecular flexibility index (Phi) is 5.97. The van der Waals surface area contributed by atoms with Crippen molar-refractivity contribution in [2.45, 2.75) is 53.4 Å². The molecule has 1 N–H and O–H groups in total. The molecule has 3 rings (SSSR count). The number of imidazole rings is 1. The van der Waals surface area contributed by atoms with Gasteiger partial charge in [-0.2, -0.15) is 0 Å². The van der Waals surface area contributed by atoms with E-state index in [1.165, 1.54) is 16.7 Å². The van der Waals surface area contributed by atoms with Gasteiger partial charge in [0.1, 0.15) is 11.6 Å². The van der Waals surface area contributed by atoms with Crippen LogP contribution in [0.2, 0.25) is 0 Å². The first-order valence-corrected chi connectivity index (χ1v) is 9.85. The Bertz CT molecular complexity index is 864. The Balaban J connectivity index is 1.85. The number of benzene rings is 2. The van der Waals surface area contributed by atoms with E-state index >= 15 is 0 Å². The number of aromatic nitrogens is 2. The van der Waals surface area contributed by atoms with Gasteiger partial charge in [-0.3, -0.25) is 0 Å². The Hall–Kier alpha value is -2.29.